The minimum Gasteiger partial charge on any atom is -0.481 e. The first kappa shape index (κ1) is 21.5. The van der Waals surface area contributed by atoms with Crippen LogP contribution in [0.2, 0.25) is 0 Å². The van der Waals surface area contributed by atoms with Crippen LogP contribution < -0.4 is 4.74 Å². The van der Waals surface area contributed by atoms with Crippen molar-refractivity contribution in [1.29, 1.82) is 0 Å². The van der Waals surface area contributed by atoms with Gasteiger partial charge in [-0.15, -0.1) is 10.2 Å². The Morgan fingerprint density at radius 1 is 1.09 bits per heavy atom. The van der Waals surface area contributed by atoms with Gasteiger partial charge < -0.3 is 14.7 Å². The standard InChI is InChI=1S/C23H25N5O4/c1-2-12-28(14-15-8-10-17(11-9-15)32-16-6-4-3-5-7-16)22(29)18-13-19(23(30)31)20(18)21-24-26-27-25-21/h3-11,18-20H,2,12-14H2,1H3,(H,30,31)(H,24,25,26,27). The molecule has 3 unspecified atom stereocenters. The number of hydrogen-bond acceptors (Lipinski definition) is 6. The third-order valence-corrected chi connectivity index (χ3v) is 5.75. The minimum absolute atomic E-state index is 0.0798. The van der Waals surface area contributed by atoms with Crippen molar-refractivity contribution in [1.82, 2.24) is 25.5 Å². The van der Waals surface area contributed by atoms with Gasteiger partial charge >= 0.3 is 5.97 Å². The second-order valence-corrected chi connectivity index (χ2v) is 7.90. The maximum atomic E-state index is 13.3. The second-order valence-electron chi connectivity index (χ2n) is 7.90. The van der Waals surface area contributed by atoms with Crippen molar-refractivity contribution < 1.29 is 19.4 Å². The quantitative estimate of drug-likeness (QED) is 0.529. The molecule has 166 valence electrons. The fourth-order valence-electron chi connectivity index (χ4n) is 4.11. The highest BCUT2D eigenvalue weighted by Gasteiger charge is 2.52. The van der Waals surface area contributed by atoms with Crippen LogP contribution in [0, 0.1) is 11.8 Å². The van der Waals surface area contributed by atoms with E-state index in [2.05, 4.69) is 20.6 Å². The number of carbonyl (C=O) groups excluding carboxylic acids is 1. The molecule has 0 bridgehead atoms. The predicted octanol–water partition coefficient (Wildman–Crippen LogP) is 3.24. The van der Waals surface area contributed by atoms with Crippen molar-refractivity contribution in [2.45, 2.75) is 32.2 Å². The fourth-order valence-corrected chi connectivity index (χ4v) is 4.11. The number of tetrazole rings is 1. The Balaban J connectivity index is 1.45. The van der Waals surface area contributed by atoms with Crippen molar-refractivity contribution in [3.05, 3.63) is 66.0 Å². The molecule has 32 heavy (non-hydrogen) atoms. The molecule has 0 radical (unpaired) electrons. The first-order valence-electron chi connectivity index (χ1n) is 10.6. The lowest BCUT2D eigenvalue weighted by atomic mass is 9.63. The van der Waals surface area contributed by atoms with E-state index in [9.17, 15) is 14.7 Å². The van der Waals surface area contributed by atoms with Crippen LogP contribution in [-0.2, 0) is 16.1 Å². The van der Waals surface area contributed by atoms with Gasteiger partial charge in [0.15, 0.2) is 5.82 Å². The molecule has 1 amide bonds. The minimum atomic E-state index is -0.945. The summed E-state index contributed by atoms with van der Waals surface area (Å²) in [6.07, 6.45) is 1.07. The summed E-state index contributed by atoms with van der Waals surface area (Å²) >= 11 is 0. The molecule has 3 aromatic rings. The second kappa shape index (κ2) is 9.59. The molecule has 1 saturated carbocycles. The molecule has 1 heterocycles. The molecule has 1 aliphatic rings. The van der Waals surface area contributed by atoms with Crippen LogP contribution in [0.15, 0.2) is 54.6 Å². The molecule has 3 atom stereocenters. The van der Waals surface area contributed by atoms with Crippen LogP contribution in [0.1, 0.15) is 37.1 Å². The molecule has 1 fully saturated rings. The van der Waals surface area contributed by atoms with Crippen LogP contribution >= 0.6 is 0 Å². The molecule has 0 spiro atoms. The maximum absolute atomic E-state index is 13.3. The van der Waals surface area contributed by atoms with Crippen LogP contribution in [0.25, 0.3) is 0 Å². The Morgan fingerprint density at radius 3 is 2.44 bits per heavy atom. The summed E-state index contributed by atoms with van der Waals surface area (Å²) in [7, 11) is 0. The van der Waals surface area contributed by atoms with Gasteiger partial charge in [0.2, 0.25) is 5.91 Å². The number of aromatic nitrogens is 4. The van der Waals surface area contributed by atoms with Crippen molar-refractivity contribution >= 4 is 11.9 Å². The topological polar surface area (TPSA) is 121 Å². The largest absolute Gasteiger partial charge is 0.481 e. The van der Waals surface area contributed by atoms with E-state index in [1.807, 2.05) is 61.5 Å². The first-order chi connectivity index (χ1) is 15.6. The van der Waals surface area contributed by atoms with E-state index >= 15 is 0 Å². The summed E-state index contributed by atoms with van der Waals surface area (Å²) in [6, 6.07) is 17.2. The number of carboxylic acid groups (broad SMARTS) is 1. The summed E-state index contributed by atoms with van der Waals surface area (Å²) < 4.78 is 5.83. The summed E-state index contributed by atoms with van der Waals surface area (Å²) in [5.41, 5.74) is 0.970. The van der Waals surface area contributed by atoms with E-state index in [1.54, 1.807) is 4.90 Å². The lowest BCUT2D eigenvalue weighted by Crippen LogP contribution is -2.49. The molecular formula is C23H25N5O4. The summed E-state index contributed by atoms with van der Waals surface area (Å²) in [4.78, 5) is 26.7. The van der Waals surface area contributed by atoms with Crippen LogP contribution in [0.5, 0.6) is 11.5 Å². The molecule has 2 aromatic carbocycles. The van der Waals surface area contributed by atoms with Crippen molar-refractivity contribution in [2.24, 2.45) is 11.8 Å². The number of ether oxygens (including phenoxy) is 1. The molecule has 0 saturated heterocycles. The Labute approximate surface area is 185 Å². The summed E-state index contributed by atoms with van der Waals surface area (Å²) in [6.45, 7) is 3.02. The lowest BCUT2D eigenvalue weighted by Gasteiger charge is -2.41. The van der Waals surface area contributed by atoms with Crippen molar-refractivity contribution in [2.75, 3.05) is 6.54 Å². The van der Waals surface area contributed by atoms with E-state index in [4.69, 9.17) is 4.74 Å². The third kappa shape index (κ3) is 4.61. The number of benzene rings is 2. The number of carboxylic acids is 1. The molecule has 9 nitrogen and oxygen atoms in total. The van der Waals surface area contributed by atoms with Crippen molar-refractivity contribution in [3.8, 4) is 11.5 Å². The lowest BCUT2D eigenvalue weighted by molar-refractivity contribution is -0.154. The molecule has 4 rings (SSSR count). The maximum Gasteiger partial charge on any atom is 0.307 e. The van der Waals surface area contributed by atoms with Gasteiger partial charge in [-0.2, -0.15) is 5.21 Å². The van der Waals surface area contributed by atoms with Gasteiger partial charge in [-0.3, -0.25) is 9.59 Å². The van der Waals surface area contributed by atoms with Gasteiger partial charge in [-0.25, -0.2) is 0 Å². The highest BCUT2D eigenvalue weighted by molar-refractivity contribution is 5.85. The molecule has 1 aliphatic carbocycles. The first-order valence-corrected chi connectivity index (χ1v) is 10.6. The van der Waals surface area contributed by atoms with Gasteiger partial charge in [-0.05, 0) is 42.7 Å². The Kier molecular flexibility index (Phi) is 6.44. The van der Waals surface area contributed by atoms with Gasteiger partial charge in [-0.1, -0.05) is 42.5 Å². The average Bonchev–Trinajstić information content (AvgIpc) is 3.28. The number of hydrogen-bond donors (Lipinski definition) is 2. The number of aromatic amines is 1. The highest BCUT2D eigenvalue weighted by Crippen LogP contribution is 2.47. The van der Waals surface area contributed by atoms with Crippen LogP contribution in [0.4, 0.5) is 0 Å². The van der Waals surface area contributed by atoms with E-state index in [-0.39, 0.29) is 18.2 Å². The van der Waals surface area contributed by atoms with E-state index in [1.165, 1.54) is 0 Å². The summed E-state index contributed by atoms with van der Waals surface area (Å²) in [5, 5.41) is 23.3. The number of H-pyrrole nitrogens is 1. The number of nitrogens with one attached hydrogen (secondary N) is 1. The molecule has 1 aromatic heterocycles. The van der Waals surface area contributed by atoms with E-state index in [0.29, 0.717) is 18.8 Å². The number of rotatable bonds is 9. The SMILES string of the molecule is CCCN(Cc1ccc(Oc2ccccc2)cc1)C(=O)C1CC(C(=O)O)C1c1nn[nH]n1. The Hall–Kier alpha value is -3.75. The zero-order chi connectivity index (χ0) is 22.5. The fraction of sp³-hybridized carbons (Fsp3) is 0.348. The van der Waals surface area contributed by atoms with E-state index < -0.39 is 23.7 Å². The Morgan fingerprint density at radius 2 is 1.81 bits per heavy atom. The normalized spacial score (nSPS) is 19.7. The average molecular weight is 435 g/mol. The number of amides is 1. The zero-order valence-corrected chi connectivity index (χ0v) is 17.7. The van der Waals surface area contributed by atoms with E-state index in [0.717, 1.165) is 17.7 Å². The van der Waals surface area contributed by atoms with Gasteiger partial charge in [0.05, 0.1) is 5.92 Å². The molecular weight excluding hydrogens is 410 g/mol. The number of nitrogens with zero attached hydrogens (tertiary/aromatic N) is 4. The predicted molar refractivity (Wildman–Crippen MR) is 115 cm³/mol. The van der Waals surface area contributed by atoms with Gasteiger partial charge in [0, 0.05) is 24.9 Å². The highest BCUT2D eigenvalue weighted by atomic mass is 16.5. The van der Waals surface area contributed by atoms with Gasteiger partial charge in [0.25, 0.3) is 0 Å². The molecule has 2 N–H and O–H groups in total. The Bertz CT molecular complexity index is 1040. The zero-order valence-electron chi connectivity index (χ0n) is 17.7. The van der Waals surface area contributed by atoms with Crippen LogP contribution in [-0.4, -0.2) is 49.1 Å². The smallest absolute Gasteiger partial charge is 0.307 e. The molecule has 0 aliphatic heterocycles. The number of carbonyl (C=O) groups is 2. The monoisotopic (exact) mass is 435 g/mol. The van der Waals surface area contributed by atoms with Gasteiger partial charge in [0.1, 0.15) is 11.5 Å². The van der Waals surface area contributed by atoms with Crippen LogP contribution in [0.3, 0.4) is 0 Å². The molecule has 9 heteroatoms. The number of para-hydroxylation sites is 1. The summed E-state index contributed by atoms with van der Waals surface area (Å²) in [5.74, 6) is -0.994. The third-order valence-electron chi connectivity index (χ3n) is 5.75. The number of aliphatic carboxylic acids is 1. The van der Waals surface area contributed by atoms with Crippen molar-refractivity contribution in [3.63, 3.8) is 0 Å².